The van der Waals surface area contributed by atoms with Crippen LogP contribution >= 0.6 is 0 Å². The smallest absolute Gasteiger partial charge is 0.259 e. The molecule has 0 unspecified atom stereocenters. The van der Waals surface area contributed by atoms with Crippen LogP contribution in [0.1, 0.15) is 22.8 Å². The molecular weight excluding hydrogens is 238 g/mol. The van der Waals surface area contributed by atoms with E-state index in [1.54, 1.807) is 24.1 Å². The number of benzene rings is 1. The first-order valence-corrected chi connectivity index (χ1v) is 6.20. The van der Waals surface area contributed by atoms with Gasteiger partial charge in [0.1, 0.15) is 5.82 Å². The van der Waals surface area contributed by atoms with Gasteiger partial charge >= 0.3 is 0 Å². The van der Waals surface area contributed by atoms with Crippen LogP contribution in [0.2, 0.25) is 0 Å². The molecule has 0 spiro atoms. The lowest BCUT2D eigenvalue weighted by atomic mass is 10.1. The minimum absolute atomic E-state index is 0.100. The predicted molar refractivity (Wildman–Crippen MR) is 77.2 cm³/mol. The van der Waals surface area contributed by atoms with Crippen LogP contribution in [0.25, 0.3) is 0 Å². The molecule has 0 radical (unpaired) electrons. The molecule has 4 heteroatoms. The van der Waals surface area contributed by atoms with Gasteiger partial charge in [0.25, 0.3) is 5.91 Å². The Hall–Kier alpha value is -2.36. The third-order valence-electron chi connectivity index (χ3n) is 3.07. The van der Waals surface area contributed by atoms with Gasteiger partial charge in [-0.1, -0.05) is 19.1 Å². The molecule has 1 heterocycles. The maximum Gasteiger partial charge on any atom is 0.259 e. The van der Waals surface area contributed by atoms with Crippen LogP contribution in [-0.4, -0.2) is 17.9 Å². The number of carbonyl (C=O) groups excluding carboxylic acids is 1. The van der Waals surface area contributed by atoms with Crippen molar-refractivity contribution in [2.75, 3.05) is 17.7 Å². The van der Waals surface area contributed by atoms with E-state index in [0.29, 0.717) is 11.4 Å². The number of nitrogen functional groups attached to an aromatic ring is 1. The summed E-state index contributed by atoms with van der Waals surface area (Å²) < 4.78 is 0. The number of nitrogens with zero attached hydrogens (tertiary/aromatic N) is 2. The molecule has 98 valence electrons. The average molecular weight is 255 g/mol. The number of rotatable bonds is 3. The van der Waals surface area contributed by atoms with Crippen molar-refractivity contribution in [2.45, 2.75) is 13.3 Å². The second kappa shape index (κ2) is 5.52. The second-order valence-corrected chi connectivity index (χ2v) is 4.36. The highest BCUT2D eigenvalue weighted by Gasteiger charge is 2.13. The van der Waals surface area contributed by atoms with E-state index >= 15 is 0 Å². The molecule has 19 heavy (non-hydrogen) atoms. The summed E-state index contributed by atoms with van der Waals surface area (Å²) in [5.41, 5.74) is 8.14. The normalized spacial score (nSPS) is 10.2. The predicted octanol–water partition coefficient (Wildman–Crippen LogP) is 2.50. The van der Waals surface area contributed by atoms with E-state index in [1.165, 1.54) is 11.8 Å². The molecule has 0 saturated carbocycles. The molecule has 1 amide bonds. The summed E-state index contributed by atoms with van der Waals surface area (Å²) in [4.78, 5) is 17.8. The summed E-state index contributed by atoms with van der Waals surface area (Å²) in [6, 6.07) is 11.3. The number of pyridine rings is 1. The van der Waals surface area contributed by atoms with Gasteiger partial charge in [-0.3, -0.25) is 4.79 Å². The van der Waals surface area contributed by atoms with Gasteiger partial charge in [-0.25, -0.2) is 4.98 Å². The fourth-order valence-corrected chi connectivity index (χ4v) is 1.80. The highest BCUT2D eigenvalue weighted by Crippen LogP contribution is 2.16. The largest absolute Gasteiger partial charge is 0.384 e. The maximum atomic E-state index is 12.3. The first-order valence-electron chi connectivity index (χ1n) is 6.20. The molecule has 4 nitrogen and oxygen atoms in total. The molecule has 1 aromatic heterocycles. The first kappa shape index (κ1) is 13.1. The summed E-state index contributed by atoms with van der Waals surface area (Å²) in [7, 11) is 1.75. The van der Waals surface area contributed by atoms with Gasteiger partial charge in [0.2, 0.25) is 0 Å². The zero-order valence-electron chi connectivity index (χ0n) is 11.1. The molecule has 0 aliphatic carbocycles. The molecule has 1 aromatic carbocycles. The van der Waals surface area contributed by atoms with Crippen molar-refractivity contribution in [1.29, 1.82) is 0 Å². The van der Waals surface area contributed by atoms with Crippen LogP contribution in [-0.2, 0) is 6.42 Å². The zero-order valence-corrected chi connectivity index (χ0v) is 11.1. The summed E-state index contributed by atoms with van der Waals surface area (Å²) in [6.45, 7) is 2.10. The Morgan fingerprint density at radius 1 is 1.21 bits per heavy atom. The second-order valence-electron chi connectivity index (χ2n) is 4.36. The molecule has 2 rings (SSSR count). The number of aromatic nitrogens is 1. The lowest BCUT2D eigenvalue weighted by Gasteiger charge is -2.17. The number of aryl methyl sites for hydroxylation is 1. The molecule has 2 N–H and O–H groups in total. The summed E-state index contributed by atoms with van der Waals surface area (Å²) in [6.07, 6.45) is 2.48. The van der Waals surface area contributed by atoms with Crippen molar-refractivity contribution in [3.05, 3.63) is 53.7 Å². The van der Waals surface area contributed by atoms with E-state index in [1.807, 2.05) is 24.3 Å². The van der Waals surface area contributed by atoms with Crippen molar-refractivity contribution in [1.82, 2.24) is 4.98 Å². The minimum atomic E-state index is -0.100. The van der Waals surface area contributed by atoms with Gasteiger partial charge in [0.15, 0.2) is 0 Å². The fourth-order valence-electron chi connectivity index (χ4n) is 1.80. The number of carbonyl (C=O) groups is 1. The molecule has 0 fully saturated rings. The van der Waals surface area contributed by atoms with E-state index in [4.69, 9.17) is 5.73 Å². The Morgan fingerprint density at radius 3 is 2.42 bits per heavy atom. The van der Waals surface area contributed by atoms with Crippen LogP contribution in [0.3, 0.4) is 0 Å². The lowest BCUT2D eigenvalue weighted by molar-refractivity contribution is 0.0992. The van der Waals surface area contributed by atoms with Crippen molar-refractivity contribution < 1.29 is 4.79 Å². The number of hydrogen-bond donors (Lipinski definition) is 1. The summed E-state index contributed by atoms with van der Waals surface area (Å²) in [5.74, 6) is 0.309. The van der Waals surface area contributed by atoms with Gasteiger partial charge in [-0.05, 0) is 36.2 Å². The zero-order chi connectivity index (χ0) is 13.8. The van der Waals surface area contributed by atoms with Crippen LogP contribution in [0, 0.1) is 0 Å². The SMILES string of the molecule is CCc1ccc(N(C)C(=O)c2ccc(N)nc2)cc1. The highest BCUT2D eigenvalue weighted by atomic mass is 16.2. The van der Waals surface area contributed by atoms with Crippen LogP contribution < -0.4 is 10.6 Å². The van der Waals surface area contributed by atoms with Gasteiger partial charge in [0, 0.05) is 18.9 Å². The van der Waals surface area contributed by atoms with Gasteiger partial charge in [-0.15, -0.1) is 0 Å². The van der Waals surface area contributed by atoms with Crippen molar-refractivity contribution in [3.8, 4) is 0 Å². The van der Waals surface area contributed by atoms with Gasteiger partial charge in [0.05, 0.1) is 5.56 Å². The van der Waals surface area contributed by atoms with E-state index in [0.717, 1.165) is 12.1 Å². The topological polar surface area (TPSA) is 59.2 Å². The molecule has 0 bridgehead atoms. The molecule has 0 aliphatic heterocycles. The number of hydrogen-bond acceptors (Lipinski definition) is 3. The van der Waals surface area contributed by atoms with Gasteiger partial charge in [-0.2, -0.15) is 0 Å². The monoisotopic (exact) mass is 255 g/mol. The number of anilines is 2. The quantitative estimate of drug-likeness (QED) is 0.916. The van der Waals surface area contributed by atoms with Gasteiger partial charge < -0.3 is 10.6 Å². The van der Waals surface area contributed by atoms with E-state index in [-0.39, 0.29) is 5.91 Å². The Morgan fingerprint density at radius 2 is 1.89 bits per heavy atom. The maximum absolute atomic E-state index is 12.3. The molecule has 0 saturated heterocycles. The fraction of sp³-hybridized carbons (Fsp3) is 0.200. The third kappa shape index (κ3) is 2.91. The highest BCUT2D eigenvalue weighted by molar-refractivity contribution is 6.05. The van der Waals surface area contributed by atoms with Crippen LogP contribution in [0.15, 0.2) is 42.6 Å². The molecule has 0 aliphatic rings. The van der Waals surface area contributed by atoms with Crippen LogP contribution in [0.5, 0.6) is 0 Å². The molecule has 0 atom stereocenters. The average Bonchev–Trinajstić information content (AvgIpc) is 2.46. The van der Waals surface area contributed by atoms with Crippen molar-refractivity contribution in [3.63, 3.8) is 0 Å². The van der Waals surface area contributed by atoms with E-state index in [2.05, 4.69) is 11.9 Å². The number of amides is 1. The Kier molecular flexibility index (Phi) is 3.80. The molecular formula is C15H17N3O. The number of nitrogens with two attached hydrogens (primary N) is 1. The Balaban J connectivity index is 2.20. The first-order chi connectivity index (χ1) is 9.11. The minimum Gasteiger partial charge on any atom is -0.384 e. The Bertz CT molecular complexity index is 561. The molecule has 2 aromatic rings. The third-order valence-corrected chi connectivity index (χ3v) is 3.07. The standard InChI is InChI=1S/C15H17N3O/c1-3-11-4-7-13(8-5-11)18(2)15(19)12-6-9-14(16)17-10-12/h4-10H,3H2,1-2H3,(H2,16,17). The van der Waals surface area contributed by atoms with E-state index in [9.17, 15) is 4.79 Å². The summed E-state index contributed by atoms with van der Waals surface area (Å²) in [5, 5.41) is 0. The summed E-state index contributed by atoms with van der Waals surface area (Å²) >= 11 is 0. The Labute approximate surface area is 112 Å². The van der Waals surface area contributed by atoms with Crippen molar-refractivity contribution >= 4 is 17.4 Å². The van der Waals surface area contributed by atoms with Crippen LogP contribution in [0.4, 0.5) is 11.5 Å². The van der Waals surface area contributed by atoms with E-state index < -0.39 is 0 Å². The van der Waals surface area contributed by atoms with Crippen molar-refractivity contribution in [2.24, 2.45) is 0 Å². The lowest BCUT2D eigenvalue weighted by Crippen LogP contribution is -2.26.